The van der Waals surface area contributed by atoms with Gasteiger partial charge >= 0.3 is 0 Å². The SMILES string of the molecule is CCC(NC(=O)C1CCCC1)c1ccc(C)c(C)c1. The van der Waals surface area contributed by atoms with Gasteiger partial charge < -0.3 is 5.32 Å². The van der Waals surface area contributed by atoms with E-state index in [9.17, 15) is 4.79 Å². The van der Waals surface area contributed by atoms with Gasteiger partial charge in [0.1, 0.15) is 0 Å². The number of amides is 1. The Kier molecular flexibility index (Phi) is 4.62. The van der Waals surface area contributed by atoms with Gasteiger partial charge in [-0.15, -0.1) is 0 Å². The molecule has 1 aromatic rings. The lowest BCUT2D eigenvalue weighted by Crippen LogP contribution is -2.32. The van der Waals surface area contributed by atoms with Crippen molar-refractivity contribution in [3.63, 3.8) is 0 Å². The zero-order chi connectivity index (χ0) is 13.8. The first-order valence-corrected chi connectivity index (χ1v) is 7.49. The molecule has 1 unspecified atom stereocenters. The number of nitrogens with one attached hydrogen (secondary N) is 1. The number of rotatable bonds is 4. The molecule has 1 atom stereocenters. The first-order chi connectivity index (χ1) is 9.11. The van der Waals surface area contributed by atoms with Crippen LogP contribution in [0.15, 0.2) is 18.2 Å². The molecule has 1 aliphatic rings. The molecular weight excluding hydrogens is 234 g/mol. The highest BCUT2D eigenvalue weighted by Gasteiger charge is 2.24. The van der Waals surface area contributed by atoms with E-state index in [4.69, 9.17) is 0 Å². The molecule has 0 bridgehead atoms. The molecule has 1 aliphatic carbocycles. The molecule has 2 rings (SSSR count). The number of carbonyl (C=O) groups excluding carboxylic acids is 1. The Morgan fingerprint density at radius 2 is 1.95 bits per heavy atom. The Balaban J connectivity index is 2.06. The molecule has 2 heteroatoms. The minimum absolute atomic E-state index is 0.160. The molecule has 1 N–H and O–H groups in total. The minimum atomic E-state index is 0.160. The van der Waals surface area contributed by atoms with Crippen molar-refractivity contribution in [3.8, 4) is 0 Å². The van der Waals surface area contributed by atoms with Crippen LogP contribution in [0, 0.1) is 19.8 Å². The summed E-state index contributed by atoms with van der Waals surface area (Å²) in [5, 5.41) is 3.23. The number of hydrogen-bond acceptors (Lipinski definition) is 1. The lowest BCUT2D eigenvalue weighted by Gasteiger charge is -2.20. The van der Waals surface area contributed by atoms with E-state index >= 15 is 0 Å². The Bertz CT molecular complexity index is 447. The predicted molar refractivity (Wildman–Crippen MR) is 79.0 cm³/mol. The maximum absolute atomic E-state index is 12.2. The summed E-state index contributed by atoms with van der Waals surface area (Å²) < 4.78 is 0. The van der Waals surface area contributed by atoms with E-state index in [2.05, 4.69) is 44.3 Å². The summed E-state index contributed by atoms with van der Waals surface area (Å²) in [4.78, 5) is 12.2. The molecule has 0 spiro atoms. The second-order valence-electron chi connectivity index (χ2n) is 5.79. The maximum atomic E-state index is 12.2. The molecule has 19 heavy (non-hydrogen) atoms. The first-order valence-electron chi connectivity index (χ1n) is 7.49. The second-order valence-corrected chi connectivity index (χ2v) is 5.79. The molecule has 1 fully saturated rings. The summed E-state index contributed by atoms with van der Waals surface area (Å²) in [6, 6.07) is 6.66. The summed E-state index contributed by atoms with van der Waals surface area (Å²) in [5.41, 5.74) is 3.84. The van der Waals surface area contributed by atoms with Gasteiger partial charge in [-0.25, -0.2) is 0 Å². The normalized spacial score (nSPS) is 17.4. The van der Waals surface area contributed by atoms with Gasteiger partial charge in [0.2, 0.25) is 5.91 Å². The Hall–Kier alpha value is -1.31. The molecule has 0 aromatic heterocycles. The summed E-state index contributed by atoms with van der Waals surface area (Å²) in [6.45, 7) is 6.39. The largest absolute Gasteiger partial charge is 0.349 e. The van der Waals surface area contributed by atoms with Gasteiger partial charge in [0.25, 0.3) is 0 Å². The van der Waals surface area contributed by atoms with Crippen molar-refractivity contribution in [2.75, 3.05) is 0 Å². The van der Waals surface area contributed by atoms with Crippen LogP contribution in [0.4, 0.5) is 0 Å². The third kappa shape index (κ3) is 3.37. The van der Waals surface area contributed by atoms with Crippen molar-refractivity contribution in [3.05, 3.63) is 34.9 Å². The zero-order valence-corrected chi connectivity index (χ0v) is 12.3. The standard InChI is InChI=1S/C17H25NO/c1-4-16(15-10-9-12(2)13(3)11-15)18-17(19)14-7-5-6-8-14/h9-11,14,16H,4-8H2,1-3H3,(H,18,19). The third-order valence-corrected chi connectivity index (χ3v) is 4.38. The van der Waals surface area contributed by atoms with Gasteiger partial charge in [0.05, 0.1) is 6.04 Å². The monoisotopic (exact) mass is 259 g/mol. The molecular formula is C17H25NO. The van der Waals surface area contributed by atoms with Crippen LogP contribution < -0.4 is 5.32 Å². The summed E-state index contributed by atoms with van der Waals surface area (Å²) in [5.74, 6) is 0.503. The smallest absolute Gasteiger partial charge is 0.223 e. The van der Waals surface area contributed by atoms with Crippen molar-refractivity contribution < 1.29 is 4.79 Å². The zero-order valence-electron chi connectivity index (χ0n) is 12.3. The van der Waals surface area contributed by atoms with Crippen LogP contribution in [-0.2, 0) is 4.79 Å². The Labute approximate surface area is 116 Å². The fourth-order valence-corrected chi connectivity index (χ4v) is 2.88. The Morgan fingerprint density at radius 1 is 1.26 bits per heavy atom. The van der Waals surface area contributed by atoms with Crippen LogP contribution in [-0.4, -0.2) is 5.91 Å². The highest BCUT2D eigenvalue weighted by atomic mass is 16.1. The van der Waals surface area contributed by atoms with E-state index in [0.717, 1.165) is 19.3 Å². The summed E-state index contributed by atoms with van der Waals surface area (Å²) >= 11 is 0. The van der Waals surface area contributed by atoms with Crippen molar-refractivity contribution >= 4 is 5.91 Å². The van der Waals surface area contributed by atoms with Crippen LogP contribution >= 0.6 is 0 Å². The van der Waals surface area contributed by atoms with Crippen molar-refractivity contribution in [1.29, 1.82) is 0 Å². The van der Waals surface area contributed by atoms with E-state index in [1.165, 1.54) is 29.5 Å². The van der Waals surface area contributed by atoms with Gasteiger partial charge in [-0.1, -0.05) is 38.0 Å². The molecule has 2 nitrogen and oxygen atoms in total. The van der Waals surface area contributed by atoms with Gasteiger partial charge in [0.15, 0.2) is 0 Å². The fourth-order valence-electron chi connectivity index (χ4n) is 2.88. The average molecular weight is 259 g/mol. The van der Waals surface area contributed by atoms with Gasteiger partial charge in [-0.2, -0.15) is 0 Å². The van der Waals surface area contributed by atoms with Crippen molar-refractivity contribution in [2.24, 2.45) is 5.92 Å². The summed E-state index contributed by atoms with van der Waals surface area (Å²) in [7, 11) is 0. The van der Waals surface area contributed by atoms with Crippen LogP contribution in [0.1, 0.15) is 61.8 Å². The van der Waals surface area contributed by atoms with E-state index in [0.29, 0.717) is 0 Å². The van der Waals surface area contributed by atoms with Gasteiger partial charge in [0, 0.05) is 5.92 Å². The van der Waals surface area contributed by atoms with Gasteiger partial charge in [-0.3, -0.25) is 4.79 Å². The number of hydrogen-bond donors (Lipinski definition) is 1. The molecule has 0 heterocycles. The minimum Gasteiger partial charge on any atom is -0.349 e. The average Bonchev–Trinajstić information content (AvgIpc) is 2.93. The fraction of sp³-hybridized carbons (Fsp3) is 0.588. The topological polar surface area (TPSA) is 29.1 Å². The Morgan fingerprint density at radius 3 is 2.53 bits per heavy atom. The number of carbonyl (C=O) groups is 1. The first kappa shape index (κ1) is 14.1. The number of benzene rings is 1. The maximum Gasteiger partial charge on any atom is 0.223 e. The highest BCUT2D eigenvalue weighted by molar-refractivity contribution is 5.79. The molecule has 0 aliphatic heterocycles. The van der Waals surface area contributed by atoms with Crippen molar-refractivity contribution in [1.82, 2.24) is 5.32 Å². The van der Waals surface area contributed by atoms with Crippen LogP contribution in [0.3, 0.4) is 0 Å². The number of aryl methyl sites for hydroxylation is 2. The van der Waals surface area contributed by atoms with Crippen LogP contribution in [0.5, 0.6) is 0 Å². The van der Waals surface area contributed by atoms with E-state index < -0.39 is 0 Å². The van der Waals surface area contributed by atoms with E-state index in [1.54, 1.807) is 0 Å². The van der Waals surface area contributed by atoms with E-state index in [-0.39, 0.29) is 17.9 Å². The molecule has 104 valence electrons. The predicted octanol–water partition coefficient (Wildman–Crippen LogP) is 4.06. The lowest BCUT2D eigenvalue weighted by atomic mass is 9.98. The van der Waals surface area contributed by atoms with E-state index in [1.807, 2.05) is 0 Å². The van der Waals surface area contributed by atoms with Crippen LogP contribution in [0.25, 0.3) is 0 Å². The third-order valence-electron chi connectivity index (χ3n) is 4.38. The molecule has 0 saturated heterocycles. The van der Waals surface area contributed by atoms with Crippen LogP contribution in [0.2, 0.25) is 0 Å². The molecule has 1 aromatic carbocycles. The van der Waals surface area contributed by atoms with Gasteiger partial charge in [-0.05, 0) is 49.8 Å². The highest BCUT2D eigenvalue weighted by Crippen LogP contribution is 2.26. The lowest BCUT2D eigenvalue weighted by molar-refractivity contribution is -0.125. The molecule has 1 amide bonds. The second kappa shape index (κ2) is 6.23. The quantitative estimate of drug-likeness (QED) is 0.868. The molecule has 1 saturated carbocycles. The van der Waals surface area contributed by atoms with Crippen molar-refractivity contribution in [2.45, 2.75) is 58.9 Å². The summed E-state index contributed by atoms with van der Waals surface area (Å²) in [6.07, 6.45) is 5.49. The molecule has 0 radical (unpaired) electrons.